The molecule has 0 radical (unpaired) electrons. The van der Waals surface area contributed by atoms with Gasteiger partial charge < -0.3 is 23.9 Å². The lowest BCUT2D eigenvalue weighted by atomic mass is 9.66. The SMILES string of the molecule is COC1C(OC(=O)N(Cl)C(C)=O)CCC(O)(C[S+]([O-])c2ccccc2)C1C1(C)OC1CC=C(C)C. The van der Waals surface area contributed by atoms with Crippen LogP contribution in [0.25, 0.3) is 0 Å². The molecule has 1 aliphatic carbocycles. The third-order valence-corrected chi connectivity index (χ3v) is 8.76. The van der Waals surface area contributed by atoms with Gasteiger partial charge in [-0.05, 0) is 63.3 Å². The van der Waals surface area contributed by atoms with Gasteiger partial charge in [0.05, 0.1) is 12.0 Å². The summed E-state index contributed by atoms with van der Waals surface area (Å²) in [5.41, 5.74) is -1.07. The molecule has 1 N–H and O–H groups in total. The van der Waals surface area contributed by atoms with Crippen LogP contribution in [0.4, 0.5) is 4.79 Å². The van der Waals surface area contributed by atoms with Crippen molar-refractivity contribution in [2.75, 3.05) is 12.9 Å². The quantitative estimate of drug-likeness (QED) is 0.235. The molecule has 3 rings (SSSR count). The minimum absolute atomic E-state index is 0.0222. The molecular formula is C25H34ClNO7S. The van der Waals surface area contributed by atoms with Gasteiger partial charge in [-0.15, -0.1) is 0 Å². The monoisotopic (exact) mass is 527 g/mol. The van der Waals surface area contributed by atoms with Crippen molar-refractivity contribution in [1.29, 1.82) is 0 Å². The number of benzene rings is 1. The molecule has 2 fully saturated rings. The summed E-state index contributed by atoms with van der Waals surface area (Å²) in [4.78, 5) is 24.5. The fourth-order valence-corrected chi connectivity index (χ4v) is 6.47. The van der Waals surface area contributed by atoms with Crippen molar-refractivity contribution in [1.82, 2.24) is 4.42 Å². The Morgan fingerprint density at radius 2 is 1.97 bits per heavy atom. The van der Waals surface area contributed by atoms with Crippen molar-refractivity contribution < 1.29 is 33.5 Å². The summed E-state index contributed by atoms with van der Waals surface area (Å²) in [6.45, 7) is 7.05. The van der Waals surface area contributed by atoms with Gasteiger partial charge in [0.2, 0.25) is 5.91 Å². The number of hydrogen-bond donors (Lipinski definition) is 1. The maximum Gasteiger partial charge on any atom is 0.432 e. The maximum atomic E-state index is 13.2. The van der Waals surface area contributed by atoms with Gasteiger partial charge in [-0.2, -0.15) is 4.42 Å². The van der Waals surface area contributed by atoms with Gasteiger partial charge in [0.25, 0.3) is 0 Å². The van der Waals surface area contributed by atoms with Crippen molar-refractivity contribution >= 4 is 35.0 Å². The number of aliphatic hydroxyl groups is 1. The molecule has 2 aliphatic rings. The van der Waals surface area contributed by atoms with Crippen LogP contribution < -0.4 is 0 Å². The molecule has 35 heavy (non-hydrogen) atoms. The van der Waals surface area contributed by atoms with Crippen molar-refractivity contribution in [2.24, 2.45) is 5.92 Å². The summed E-state index contributed by atoms with van der Waals surface area (Å²) >= 11 is 4.27. The molecule has 1 aromatic carbocycles. The highest BCUT2D eigenvalue weighted by Crippen LogP contribution is 2.55. The van der Waals surface area contributed by atoms with E-state index in [4.69, 9.17) is 26.0 Å². The van der Waals surface area contributed by atoms with Gasteiger partial charge in [-0.1, -0.05) is 29.8 Å². The second-order valence-corrected chi connectivity index (χ2v) is 11.4. The predicted molar refractivity (Wildman–Crippen MR) is 132 cm³/mol. The van der Waals surface area contributed by atoms with Crippen LogP contribution in [0.2, 0.25) is 0 Å². The number of carbonyl (C=O) groups excluding carboxylic acids is 2. The molecule has 1 aromatic rings. The van der Waals surface area contributed by atoms with E-state index in [1.807, 2.05) is 26.8 Å². The van der Waals surface area contributed by atoms with E-state index in [0.29, 0.717) is 15.7 Å². The van der Waals surface area contributed by atoms with Gasteiger partial charge in [0.15, 0.2) is 4.90 Å². The van der Waals surface area contributed by atoms with Crippen LogP contribution in [0.5, 0.6) is 0 Å². The minimum atomic E-state index is -1.48. The Hall–Kier alpha value is -1.62. The molecule has 8 nitrogen and oxygen atoms in total. The molecule has 1 saturated heterocycles. The van der Waals surface area contributed by atoms with E-state index in [1.165, 1.54) is 7.11 Å². The van der Waals surface area contributed by atoms with Crippen LogP contribution in [-0.2, 0) is 30.2 Å². The summed E-state index contributed by atoms with van der Waals surface area (Å²) in [5, 5.41) is 12.0. The third kappa shape index (κ3) is 6.21. The molecule has 10 heteroatoms. The molecule has 0 bridgehead atoms. The fourth-order valence-electron chi connectivity index (χ4n) is 5.03. The highest BCUT2D eigenvalue weighted by Gasteiger charge is 2.68. The van der Waals surface area contributed by atoms with Gasteiger partial charge in [0, 0.05) is 25.8 Å². The Morgan fingerprint density at radius 1 is 1.31 bits per heavy atom. The Kier molecular flexibility index (Phi) is 8.94. The first-order chi connectivity index (χ1) is 16.4. The number of rotatable bonds is 8. The Bertz CT molecular complexity index is 943. The van der Waals surface area contributed by atoms with Gasteiger partial charge in [-0.25, -0.2) is 4.79 Å². The summed E-state index contributed by atoms with van der Waals surface area (Å²) < 4.78 is 31.1. The minimum Gasteiger partial charge on any atom is -0.611 e. The standard InChI is InChI=1S/C25H34ClNO7S/c1-16(2)11-12-20-24(4,34-20)22-21(32-5)19(33-23(29)27(26)17(3)28)13-14-25(22,30)15-35(31)18-9-7-6-8-10-18/h6-11,19-22,30H,12-15H2,1-5H3. The van der Waals surface area contributed by atoms with Crippen molar-refractivity contribution in [2.45, 2.75) is 81.4 Å². The van der Waals surface area contributed by atoms with E-state index in [9.17, 15) is 19.2 Å². The molecule has 7 unspecified atom stereocenters. The summed E-state index contributed by atoms with van der Waals surface area (Å²) in [7, 11) is 1.47. The number of methoxy groups -OCH3 is 1. The number of allylic oxidation sites excluding steroid dienone is 1. The largest absolute Gasteiger partial charge is 0.611 e. The number of carbonyl (C=O) groups is 2. The second-order valence-electron chi connectivity index (χ2n) is 9.65. The van der Waals surface area contributed by atoms with Gasteiger partial charge in [0.1, 0.15) is 29.2 Å². The predicted octanol–water partition coefficient (Wildman–Crippen LogP) is 3.97. The highest BCUT2D eigenvalue weighted by atomic mass is 35.5. The molecule has 1 saturated carbocycles. The van der Waals surface area contributed by atoms with Crippen molar-refractivity contribution in [3.05, 3.63) is 42.0 Å². The molecule has 1 aliphatic heterocycles. The first-order valence-electron chi connectivity index (χ1n) is 11.6. The highest BCUT2D eigenvalue weighted by molar-refractivity contribution is 7.91. The number of epoxide rings is 1. The zero-order valence-electron chi connectivity index (χ0n) is 20.7. The van der Waals surface area contributed by atoms with Crippen LogP contribution in [0.1, 0.15) is 47.0 Å². The van der Waals surface area contributed by atoms with Crippen LogP contribution in [-0.4, -0.2) is 68.5 Å². The lowest BCUT2D eigenvalue weighted by molar-refractivity contribution is -0.172. The van der Waals surface area contributed by atoms with Crippen LogP contribution in [0.3, 0.4) is 0 Å². The first-order valence-corrected chi connectivity index (χ1v) is 13.3. The molecule has 1 heterocycles. The van der Waals surface area contributed by atoms with E-state index < -0.39 is 52.5 Å². The van der Waals surface area contributed by atoms with Crippen LogP contribution in [0.15, 0.2) is 46.9 Å². The maximum absolute atomic E-state index is 13.2. The molecule has 2 amide bonds. The van der Waals surface area contributed by atoms with Crippen molar-refractivity contribution in [3.8, 4) is 0 Å². The van der Waals surface area contributed by atoms with Crippen LogP contribution in [0, 0.1) is 5.92 Å². The Labute approximate surface area is 214 Å². The summed E-state index contributed by atoms with van der Waals surface area (Å²) in [6, 6.07) is 8.97. The number of imide groups is 1. The van der Waals surface area contributed by atoms with E-state index >= 15 is 0 Å². The normalized spacial score (nSPS) is 32.9. The zero-order valence-corrected chi connectivity index (χ0v) is 22.3. The Balaban J connectivity index is 1.91. The second kappa shape index (κ2) is 11.2. The number of halogens is 1. The molecule has 0 spiro atoms. The van der Waals surface area contributed by atoms with E-state index in [1.54, 1.807) is 24.3 Å². The molecule has 194 valence electrons. The number of ether oxygens (including phenoxy) is 3. The number of amides is 2. The smallest absolute Gasteiger partial charge is 0.432 e. The first kappa shape index (κ1) is 28.0. The fraction of sp³-hybridized carbons (Fsp3) is 0.600. The number of nitrogens with zero attached hydrogens (tertiary/aromatic N) is 1. The van der Waals surface area contributed by atoms with Gasteiger partial charge >= 0.3 is 6.09 Å². The molecular weight excluding hydrogens is 494 g/mol. The number of hydrogen-bond acceptors (Lipinski definition) is 7. The lowest BCUT2D eigenvalue weighted by Gasteiger charge is -2.48. The van der Waals surface area contributed by atoms with Crippen LogP contribution >= 0.6 is 11.8 Å². The summed E-state index contributed by atoms with van der Waals surface area (Å²) in [6.07, 6.45) is 0.397. The van der Waals surface area contributed by atoms with E-state index in [0.717, 1.165) is 12.5 Å². The van der Waals surface area contributed by atoms with E-state index in [2.05, 4.69) is 6.08 Å². The zero-order chi connectivity index (χ0) is 26.0. The van der Waals surface area contributed by atoms with Crippen molar-refractivity contribution in [3.63, 3.8) is 0 Å². The van der Waals surface area contributed by atoms with Gasteiger partial charge in [-0.3, -0.25) is 4.79 Å². The Morgan fingerprint density at radius 3 is 2.54 bits per heavy atom. The molecule has 0 aromatic heterocycles. The van der Waals surface area contributed by atoms with E-state index in [-0.39, 0.29) is 24.7 Å². The average molecular weight is 528 g/mol. The summed E-state index contributed by atoms with van der Waals surface area (Å²) in [5.74, 6) is -1.35. The third-order valence-electron chi connectivity index (χ3n) is 6.82. The molecule has 7 atom stereocenters. The lowest BCUT2D eigenvalue weighted by Crippen LogP contribution is -2.62. The topological polar surface area (TPSA) is 112 Å². The average Bonchev–Trinajstić information content (AvgIpc) is 3.48.